The molecule has 4 atom stereocenters. The molecule has 6 nitrogen and oxygen atoms in total. The second-order valence-corrected chi connectivity index (χ2v) is 7.98. The Morgan fingerprint density at radius 3 is 2.88 bits per heavy atom. The van der Waals surface area contributed by atoms with Crippen LogP contribution in [0, 0.1) is 5.92 Å². The molecule has 2 N–H and O–H groups in total. The molecule has 2 unspecified atom stereocenters. The number of benzene rings is 1. The average molecular weight is 371 g/mol. The number of thioether (sulfide) groups is 1. The van der Waals surface area contributed by atoms with Crippen LogP contribution in [0.15, 0.2) is 41.4 Å². The van der Waals surface area contributed by atoms with Crippen LogP contribution in [-0.2, 0) is 9.59 Å². The first-order valence-electron chi connectivity index (χ1n) is 8.82. The zero-order valence-electron chi connectivity index (χ0n) is 14.2. The lowest BCUT2D eigenvalue weighted by Crippen LogP contribution is -2.45. The van der Waals surface area contributed by atoms with E-state index in [-0.39, 0.29) is 42.0 Å². The fourth-order valence-electron chi connectivity index (χ4n) is 3.55. The zero-order chi connectivity index (χ0) is 18.1. The van der Waals surface area contributed by atoms with E-state index < -0.39 is 6.10 Å². The normalized spacial score (nSPS) is 30.4. The number of rotatable bonds is 5. The van der Waals surface area contributed by atoms with Gasteiger partial charge in [0.25, 0.3) is 0 Å². The van der Waals surface area contributed by atoms with Crippen LogP contribution < -0.4 is 5.32 Å². The average Bonchev–Trinajstić information content (AvgIpc) is 3.25. The van der Waals surface area contributed by atoms with Crippen LogP contribution in [0.5, 0.6) is 0 Å². The maximum Gasteiger partial charge on any atom is 0.238 e. The van der Waals surface area contributed by atoms with E-state index in [9.17, 15) is 14.7 Å². The molecule has 136 valence electrons. The highest BCUT2D eigenvalue weighted by molar-refractivity contribution is 8.09. The van der Waals surface area contributed by atoms with Crippen molar-refractivity contribution in [2.75, 3.05) is 13.1 Å². The minimum Gasteiger partial charge on any atom is -0.391 e. The van der Waals surface area contributed by atoms with Crippen LogP contribution in [-0.4, -0.2) is 58.6 Å². The second kappa shape index (κ2) is 7.34. The SMILES string of the molecule is O=C(C[C@H]1NCC[C@@H]1O)CN1C=NC2SC(c3ccccc3)=CC2C1=O. The smallest absolute Gasteiger partial charge is 0.238 e. The molecule has 4 rings (SSSR count). The molecule has 1 saturated heterocycles. The van der Waals surface area contributed by atoms with Crippen molar-refractivity contribution in [3.05, 3.63) is 42.0 Å². The van der Waals surface area contributed by atoms with E-state index in [2.05, 4.69) is 10.3 Å². The van der Waals surface area contributed by atoms with Crippen molar-refractivity contribution in [1.82, 2.24) is 10.2 Å². The summed E-state index contributed by atoms with van der Waals surface area (Å²) in [5.41, 5.74) is 1.08. The standard InChI is InChI=1S/C19H21N3O3S/c23-13(8-15-16(24)6-7-20-15)10-22-11-21-18-14(19(22)25)9-17(26-18)12-4-2-1-3-5-12/h1-5,9,11,14-16,18,20,24H,6-8,10H2/t14?,15-,16+,18?/m1/s1. The fourth-order valence-corrected chi connectivity index (χ4v) is 4.76. The van der Waals surface area contributed by atoms with Gasteiger partial charge >= 0.3 is 0 Å². The Morgan fingerprint density at radius 1 is 1.35 bits per heavy atom. The van der Waals surface area contributed by atoms with Crippen molar-refractivity contribution in [1.29, 1.82) is 0 Å². The molecule has 1 fully saturated rings. The van der Waals surface area contributed by atoms with Crippen molar-refractivity contribution in [3.8, 4) is 0 Å². The largest absolute Gasteiger partial charge is 0.391 e. The Balaban J connectivity index is 1.41. The molecule has 0 aromatic heterocycles. The van der Waals surface area contributed by atoms with Crippen LogP contribution in [0.3, 0.4) is 0 Å². The summed E-state index contributed by atoms with van der Waals surface area (Å²) in [7, 11) is 0. The first kappa shape index (κ1) is 17.5. The molecular formula is C19H21N3O3S. The molecule has 3 aliphatic rings. The molecule has 0 bridgehead atoms. The number of nitrogens with one attached hydrogen (secondary N) is 1. The van der Waals surface area contributed by atoms with E-state index in [0.717, 1.165) is 17.0 Å². The monoisotopic (exact) mass is 371 g/mol. The third-order valence-electron chi connectivity index (χ3n) is 4.97. The molecule has 7 heteroatoms. The number of Topliss-reactive ketones (excluding diaryl/α,β-unsaturated/α-hetero) is 1. The summed E-state index contributed by atoms with van der Waals surface area (Å²) >= 11 is 1.59. The third-order valence-corrected chi connectivity index (χ3v) is 6.25. The zero-order valence-corrected chi connectivity index (χ0v) is 15.1. The molecule has 1 aromatic rings. The molecule has 3 heterocycles. The number of carbonyl (C=O) groups is 2. The van der Waals surface area contributed by atoms with E-state index in [4.69, 9.17) is 0 Å². The van der Waals surface area contributed by atoms with Crippen LogP contribution in [0.25, 0.3) is 4.91 Å². The van der Waals surface area contributed by atoms with Gasteiger partial charge in [-0.05, 0) is 18.5 Å². The van der Waals surface area contributed by atoms with Gasteiger partial charge in [-0.1, -0.05) is 48.2 Å². The highest BCUT2D eigenvalue weighted by Gasteiger charge is 2.39. The summed E-state index contributed by atoms with van der Waals surface area (Å²) in [5.74, 6) is -0.487. The number of hydrogen-bond acceptors (Lipinski definition) is 6. The number of aliphatic hydroxyl groups excluding tert-OH is 1. The fraction of sp³-hybridized carbons (Fsp3) is 0.421. The summed E-state index contributed by atoms with van der Waals surface area (Å²) in [6, 6.07) is 9.74. The first-order chi connectivity index (χ1) is 12.6. The Morgan fingerprint density at radius 2 is 2.15 bits per heavy atom. The van der Waals surface area contributed by atoms with Gasteiger partial charge in [0.15, 0.2) is 5.78 Å². The van der Waals surface area contributed by atoms with Gasteiger partial charge in [0.05, 0.1) is 24.9 Å². The minimum atomic E-state index is -0.489. The molecule has 1 amide bonds. The number of amides is 1. The highest BCUT2D eigenvalue weighted by Crippen LogP contribution is 2.44. The Labute approximate surface area is 156 Å². The molecule has 0 radical (unpaired) electrons. The number of aliphatic imine (C=N–C) groups is 1. The maximum absolute atomic E-state index is 12.8. The van der Waals surface area contributed by atoms with Gasteiger partial charge in [0, 0.05) is 17.4 Å². The van der Waals surface area contributed by atoms with E-state index in [1.165, 1.54) is 11.2 Å². The molecule has 3 aliphatic heterocycles. The number of carbonyl (C=O) groups excluding carboxylic acids is 2. The van der Waals surface area contributed by atoms with Gasteiger partial charge in [0.2, 0.25) is 5.91 Å². The Kier molecular flexibility index (Phi) is 4.93. The number of ketones is 1. The van der Waals surface area contributed by atoms with E-state index >= 15 is 0 Å². The molecule has 0 aliphatic carbocycles. The lowest BCUT2D eigenvalue weighted by atomic mass is 10.0. The van der Waals surface area contributed by atoms with Gasteiger partial charge in [-0.25, -0.2) is 0 Å². The van der Waals surface area contributed by atoms with Crippen LogP contribution >= 0.6 is 11.8 Å². The van der Waals surface area contributed by atoms with Gasteiger partial charge in [-0.2, -0.15) is 0 Å². The second-order valence-electron chi connectivity index (χ2n) is 6.82. The number of hydrogen-bond donors (Lipinski definition) is 2. The first-order valence-corrected chi connectivity index (χ1v) is 9.70. The van der Waals surface area contributed by atoms with Crippen molar-refractivity contribution in [2.45, 2.75) is 30.4 Å². The summed E-state index contributed by atoms with van der Waals surface area (Å²) in [6.45, 7) is 0.729. The molecular weight excluding hydrogens is 350 g/mol. The molecule has 1 aromatic carbocycles. The van der Waals surface area contributed by atoms with E-state index in [1.54, 1.807) is 11.8 Å². The third kappa shape index (κ3) is 3.47. The quantitative estimate of drug-likeness (QED) is 0.815. The molecule has 26 heavy (non-hydrogen) atoms. The van der Waals surface area contributed by atoms with E-state index in [0.29, 0.717) is 6.42 Å². The predicted molar refractivity (Wildman–Crippen MR) is 102 cm³/mol. The number of fused-ring (bicyclic) bond motifs is 1. The van der Waals surface area contributed by atoms with Crippen LogP contribution in [0.4, 0.5) is 0 Å². The topological polar surface area (TPSA) is 82.0 Å². The predicted octanol–water partition coefficient (Wildman–Crippen LogP) is 1.27. The van der Waals surface area contributed by atoms with Crippen molar-refractivity contribution < 1.29 is 14.7 Å². The molecule has 0 saturated carbocycles. The van der Waals surface area contributed by atoms with Crippen molar-refractivity contribution in [3.63, 3.8) is 0 Å². The van der Waals surface area contributed by atoms with Crippen molar-refractivity contribution >= 4 is 34.7 Å². The van der Waals surface area contributed by atoms with Gasteiger partial charge in [-0.3, -0.25) is 19.5 Å². The lowest BCUT2D eigenvalue weighted by molar-refractivity contribution is -0.134. The van der Waals surface area contributed by atoms with Gasteiger partial charge in [-0.15, -0.1) is 0 Å². The van der Waals surface area contributed by atoms with Gasteiger partial charge < -0.3 is 10.4 Å². The summed E-state index contributed by atoms with van der Waals surface area (Å²) in [4.78, 5) is 32.0. The minimum absolute atomic E-state index is 0.00955. The number of aliphatic hydroxyl groups is 1. The lowest BCUT2D eigenvalue weighted by Gasteiger charge is -2.27. The summed E-state index contributed by atoms with van der Waals surface area (Å²) in [6.07, 6.45) is 3.86. The van der Waals surface area contributed by atoms with Crippen molar-refractivity contribution in [2.24, 2.45) is 10.9 Å². The summed E-state index contributed by atoms with van der Waals surface area (Å²) in [5, 5.41) is 12.8. The Bertz CT molecular complexity index is 765. The van der Waals surface area contributed by atoms with E-state index in [1.807, 2.05) is 36.4 Å². The maximum atomic E-state index is 12.8. The Hall–Kier alpha value is -1.96. The van der Waals surface area contributed by atoms with Gasteiger partial charge in [0.1, 0.15) is 5.37 Å². The van der Waals surface area contributed by atoms with Crippen LogP contribution in [0.1, 0.15) is 18.4 Å². The van der Waals surface area contributed by atoms with Crippen LogP contribution in [0.2, 0.25) is 0 Å². The molecule has 0 spiro atoms. The highest BCUT2D eigenvalue weighted by atomic mass is 32.2. The number of nitrogens with zero attached hydrogens (tertiary/aromatic N) is 2. The summed E-state index contributed by atoms with van der Waals surface area (Å²) < 4.78 is 0.